The van der Waals surface area contributed by atoms with Crippen molar-refractivity contribution in [2.24, 2.45) is 0 Å². The Kier molecular flexibility index (Phi) is 5.98. The van der Waals surface area contributed by atoms with E-state index in [1.807, 2.05) is 31.2 Å². The molecule has 0 fully saturated rings. The number of carbonyl (C=O) groups is 2. The lowest BCUT2D eigenvalue weighted by Crippen LogP contribution is -2.19. The van der Waals surface area contributed by atoms with Crippen LogP contribution in [0.25, 0.3) is 0 Å². The van der Waals surface area contributed by atoms with E-state index in [9.17, 15) is 9.59 Å². The number of hydrogen-bond acceptors (Lipinski definition) is 6. The normalized spacial score (nSPS) is 10.3. The van der Waals surface area contributed by atoms with E-state index < -0.39 is 0 Å². The third-order valence-electron chi connectivity index (χ3n) is 3.39. The molecule has 132 valence electrons. The van der Waals surface area contributed by atoms with Crippen molar-refractivity contribution in [2.45, 2.75) is 11.3 Å². The minimum absolute atomic E-state index is 0.197. The van der Waals surface area contributed by atoms with E-state index in [0.717, 1.165) is 9.90 Å². The number of amides is 2. The number of rotatable bonds is 6. The second kappa shape index (κ2) is 8.59. The monoisotopic (exact) mass is 384 g/mol. The Balaban J connectivity index is 1.67. The summed E-state index contributed by atoms with van der Waals surface area (Å²) in [6.07, 6.45) is 0. The van der Waals surface area contributed by atoms with E-state index in [-0.39, 0.29) is 17.6 Å². The van der Waals surface area contributed by atoms with Crippen LogP contribution in [0, 0.1) is 6.92 Å². The number of thioether (sulfide) groups is 1. The molecule has 0 aliphatic rings. The first-order valence-electron chi connectivity index (χ1n) is 7.77. The Bertz CT molecular complexity index is 913. The zero-order valence-electron chi connectivity index (χ0n) is 13.9. The van der Waals surface area contributed by atoms with Gasteiger partial charge in [0.05, 0.1) is 17.0 Å². The average molecular weight is 384 g/mol. The van der Waals surface area contributed by atoms with Crippen molar-refractivity contribution in [2.75, 3.05) is 16.4 Å². The lowest BCUT2D eigenvalue weighted by Gasteiger charge is -2.11. The number of aryl methyl sites for hydroxylation is 1. The van der Waals surface area contributed by atoms with Gasteiger partial charge in [-0.05, 0) is 36.8 Å². The van der Waals surface area contributed by atoms with Crippen LogP contribution in [0.5, 0.6) is 0 Å². The topological polar surface area (TPSA) is 84.0 Å². The molecule has 3 aromatic rings. The van der Waals surface area contributed by atoms with Gasteiger partial charge < -0.3 is 10.6 Å². The predicted molar refractivity (Wildman–Crippen MR) is 105 cm³/mol. The number of anilines is 2. The SMILES string of the molecule is Cc1cccc(NC(=O)c2ccccc2NC(=O)CSc2nncs2)c1. The molecule has 0 aliphatic carbocycles. The molecule has 26 heavy (non-hydrogen) atoms. The number of carbonyl (C=O) groups excluding carboxylic acids is 2. The van der Waals surface area contributed by atoms with Gasteiger partial charge in [-0.2, -0.15) is 0 Å². The molecule has 2 aromatic carbocycles. The zero-order chi connectivity index (χ0) is 18.4. The smallest absolute Gasteiger partial charge is 0.257 e. The Labute approximate surface area is 159 Å². The van der Waals surface area contributed by atoms with Gasteiger partial charge in [-0.1, -0.05) is 47.4 Å². The van der Waals surface area contributed by atoms with Crippen molar-refractivity contribution in [3.05, 3.63) is 65.2 Å². The molecule has 6 nitrogen and oxygen atoms in total. The number of aromatic nitrogens is 2. The third kappa shape index (κ3) is 4.90. The molecule has 0 aliphatic heterocycles. The molecule has 2 amide bonds. The van der Waals surface area contributed by atoms with Crippen molar-refractivity contribution < 1.29 is 9.59 Å². The number of nitrogens with zero attached hydrogens (tertiary/aromatic N) is 2. The summed E-state index contributed by atoms with van der Waals surface area (Å²) in [4.78, 5) is 24.8. The highest BCUT2D eigenvalue weighted by molar-refractivity contribution is 8.01. The fourth-order valence-electron chi connectivity index (χ4n) is 2.25. The molecule has 0 spiro atoms. The fourth-order valence-corrected chi connectivity index (χ4v) is 3.54. The van der Waals surface area contributed by atoms with Crippen LogP contribution in [-0.4, -0.2) is 27.8 Å². The highest BCUT2D eigenvalue weighted by atomic mass is 32.2. The number of nitrogens with one attached hydrogen (secondary N) is 2. The quantitative estimate of drug-likeness (QED) is 0.631. The van der Waals surface area contributed by atoms with Gasteiger partial charge in [0.15, 0.2) is 4.34 Å². The minimum atomic E-state index is -0.275. The molecule has 0 radical (unpaired) electrons. The molecule has 0 saturated heterocycles. The van der Waals surface area contributed by atoms with Crippen LogP contribution >= 0.6 is 23.1 Å². The second-order valence-electron chi connectivity index (χ2n) is 5.41. The Morgan fingerprint density at radius 3 is 2.73 bits per heavy atom. The van der Waals surface area contributed by atoms with Crippen molar-refractivity contribution in [3.63, 3.8) is 0 Å². The summed E-state index contributed by atoms with van der Waals surface area (Å²) in [7, 11) is 0. The zero-order valence-corrected chi connectivity index (χ0v) is 15.6. The molecule has 0 atom stereocenters. The van der Waals surface area contributed by atoms with E-state index in [2.05, 4.69) is 20.8 Å². The molecule has 0 saturated carbocycles. The Hall–Kier alpha value is -2.71. The summed E-state index contributed by atoms with van der Waals surface area (Å²) in [6.45, 7) is 1.96. The fraction of sp³-hybridized carbons (Fsp3) is 0.111. The molecule has 3 rings (SSSR count). The summed E-state index contributed by atoms with van der Waals surface area (Å²) in [5.74, 6) is -0.285. The minimum Gasteiger partial charge on any atom is -0.325 e. The van der Waals surface area contributed by atoms with Crippen LogP contribution in [-0.2, 0) is 4.79 Å². The maximum Gasteiger partial charge on any atom is 0.257 e. The number of benzene rings is 2. The molecular weight excluding hydrogens is 368 g/mol. The standard InChI is InChI=1S/C18H16N4O2S2/c1-12-5-4-6-13(9-12)20-17(24)14-7-2-3-8-15(14)21-16(23)10-25-18-22-19-11-26-18/h2-9,11H,10H2,1H3,(H,20,24)(H,21,23). The van der Waals surface area contributed by atoms with Gasteiger partial charge >= 0.3 is 0 Å². The first-order chi connectivity index (χ1) is 12.6. The van der Waals surface area contributed by atoms with Crippen molar-refractivity contribution >= 4 is 46.3 Å². The summed E-state index contributed by atoms with van der Waals surface area (Å²) < 4.78 is 0.727. The lowest BCUT2D eigenvalue weighted by molar-refractivity contribution is -0.113. The largest absolute Gasteiger partial charge is 0.325 e. The van der Waals surface area contributed by atoms with Gasteiger partial charge in [-0.15, -0.1) is 10.2 Å². The maximum absolute atomic E-state index is 12.6. The Morgan fingerprint density at radius 2 is 1.96 bits per heavy atom. The van der Waals surface area contributed by atoms with Gasteiger partial charge in [-0.3, -0.25) is 9.59 Å². The van der Waals surface area contributed by atoms with Crippen molar-refractivity contribution in [3.8, 4) is 0 Å². The van der Waals surface area contributed by atoms with E-state index >= 15 is 0 Å². The van der Waals surface area contributed by atoms with Crippen LogP contribution in [0.3, 0.4) is 0 Å². The summed E-state index contributed by atoms with van der Waals surface area (Å²) in [5.41, 5.74) is 4.26. The van der Waals surface area contributed by atoms with Crippen LogP contribution in [0.4, 0.5) is 11.4 Å². The van der Waals surface area contributed by atoms with Gasteiger partial charge in [0.25, 0.3) is 5.91 Å². The van der Waals surface area contributed by atoms with Crippen LogP contribution in [0.1, 0.15) is 15.9 Å². The second-order valence-corrected chi connectivity index (χ2v) is 7.47. The molecular formula is C18H16N4O2S2. The van der Waals surface area contributed by atoms with Gasteiger partial charge in [0.2, 0.25) is 5.91 Å². The van der Waals surface area contributed by atoms with Gasteiger partial charge in [-0.25, -0.2) is 0 Å². The molecule has 1 heterocycles. The molecule has 0 unspecified atom stereocenters. The predicted octanol–water partition coefficient (Wildman–Crippen LogP) is 3.83. The summed E-state index contributed by atoms with van der Waals surface area (Å²) in [6, 6.07) is 14.5. The molecule has 1 aromatic heterocycles. The number of hydrogen-bond donors (Lipinski definition) is 2. The summed E-state index contributed by atoms with van der Waals surface area (Å²) in [5, 5.41) is 13.3. The van der Waals surface area contributed by atoms with Gasteiger partial charge in [0, 0.05) is 5.69 Å². The van der Waals surface area contributed by atoms with Crippen LogP contribution in [0.2, 0.25) is 0 Å². The first-order valence-corrected chi connectivity index (χ1v) is 9.64. The lowest BCUT2D eigenvalue weighted by atomic mass is 10.1. The van der Waals surface area contributed by atoms with E-state index in [4.69, 9.17) is 0 Å². The van der Waals surface area contributed by atoms with Crippen LogP contribution < -0.4 is 10.6 Å². The third-order valence-corrected chi connectivity index (χ3v) is 5.25. The average Bonchev–Trinajstić information content (AvgIpc) is 3.14. The van der Waals surface area contributed by atoms with Crippen molar-refractivity contribution in [1.29, 1.82) is 0 Å². The summed E-state index contributed by atoms with van der Waals surface area (Å²) >= 11 is 2.68. The highest BCUT2D eigenvalue weighted by Crippen LogP contribution is 2.21. The first kappa shape index (κ1) is 18.1. The maximum atomic E-state index is 12.6. The van der Waals surface area contributed by atoms with E-state index in [1.165, 1.54) is 23.1 Å². The van der Waals surface area contributed by atoms with E-state index in [0.29, 0.717) is 16.9 Å². The molecule has 0 bridgehead atoms. The number of para-hydroxylation sites is 1. The van der Waals surface area contributed by atoms with Crippen LogP contribution in [0.15, 0.2) is 58.4 Å². The Morgan fingerprint density at radius 1 is 1.12 bits per heavy atom. The van der Waals surface area contributed by atoms with Crippen molar-refractivity contribution in [1.82, 2.24) is 10.2 Å². The highest BCUT2D eigenvalue weighted by Gasteiger charge is 2.14. The molecule has 8 heteroatoms. The van der Waals surface area contributed by atoms with E-state index in [1.54, 1.807) is 29.8 Å². The molecule has 2 N–H and O–H groups in total. The van der Waals surface area contributed by atoms with Gasteiger partial charge in [0.1, 0.15) is 5.51 Å².